The summed E-state index contributed by atoms with van der Waals surface area (Å²) < 4.78 is 0. The van der Waals surface area contributed by atoms with Gasteiger partial charge in [-0.25, -0.2) is 9.97 Å². The smallest absolute Gasteiger partial charge is 0.132 e. The minimum atomic E-state index is 0.164. The molecule has 2 rings (SSSR count). The number of nitrogens with zero attached hydrogens (tertiary/aromatic N) is 2. The van der Waals surface area contributed by atoms with E-state index in [0.717, 1.165) is 31.6 Å². The molecule has 1 aromatic heterocycles. The summed E-state index contributed by atoms with van der Waals surface area (Å²) in [6.45, 7) is 7.43. The first-order valence-electron chi connectivity index (χ1n) is 6.78. The predicted octanol–water partition coefficient (Wildman–Crippen LogP) is 2.14. The molecule has 4 nitrogen and oxygen atoms in total. The van der Waals surface area contributed by atoms with E-state index in [-0.39, 0.29) is 11.5 Å². The Hall–Kier alpha value is -1.16. The third-order valence-electron chi connectivity index (χ3n) is 3.28. The quantitative estimate of drug-likeness (QED) is 0.857. The third-order valence-corrected chi connectivity index (χ3v) is 3.28. The van der Waals surface area contributed by atoms with Crippen LogP contribution in [0.4, 0.5) is 5.82 Å². The number of fused-ring (bicyclic) bond motifs is 1. The zero-order valence-electron chi connectivity index (χ0n) is 11.7. The number of nitrogens with one attached hydrogen (secondary N) is 1. The van der Waals surface area contributed by atoms with E-state index < -0.39 is 0 Å². The highest BCUT2D eigenvalue weighted by Gasteiger charge is 2.19. The van der Waals surface area contributed by atoms with Crippen molar-refractivity contribution in [1.82, 2.24) is 9.97 Å². The second-order valence-electron chi connectivity index (χ2n) is 6.41. The SMILES string of the molecule is CC(C)(C)CC(N)CNc1ncnc2c1CCC2. The van der Waals surface area contributed by atoms with Crippen molar-refractivity contribution < 1.29 is 0 Å². The predicted molar refractivity (Wildman–Crippen MR) is 74.6 cm³/mol. The van der Waals surface area contributed by atoms with Crippen molar-refractivity contribution in [1.29, 1.82) is 0 Å². The highest BCUT2D eigenvalue weighted by Crippen LogP contribution is 2.25. The molecule has 0 saturated heterocycles. The molecule has 1 aliphatic rings. The lowest BCUT2D eigenvalue weighted by Crippen LogP contribution is -2.33. The number of aromatic nitrogens is 2. The fourth-order valence-corrected chi connectivity index (χ4v) is 2.60. The first-order chi connectivity index (χ1) is 8.46. The normalized spacial score (nSPS) is 16.4. The van der Waals surface area contributed by atoms with E-state index in [1.54, 1.807) is 6.33 Å². The van der Waals surface area contributed by atoms with E-state index in [2.05, 4.69) is 36.1 Å². The summed E-state index contributed by atoms with van der Waals surface area (Å²) in [7, 11) is 0. The molecule has 0 fully saturated rings. The second kappa shape index (κ2) is 5.22. The zero-order chi connectivity index (χ0) is 13.2. The van der Waals surface area contributed by atoms with Gasteiger partial charge < -0.3 is 11.1 Å². The molecule has 0 bridgehead atoms. The van der Waals surface area contributed by atoms with Gasteiger partial charge in [0.2, 0.25) is 0 Å². The van der Waals surface area contributed by atoms with Gasteiger partial charge in [0, 0.05) is 23.8 Å². The van der Waals surface area contributed by atoms with Crippen LogP contribution in [0.15, 0.2) is 6.33 Å². The number of hydrogen-bond donors (Lipinski definition) is 2. The van der Waals surface area contributed by atoms with Gasteiger partial charge in [-0.1, -0.05) is 20.8 Å². The molecule has 0 aromatic carbocycles. The fraction of sp³-hybridized carbons (Fsp3) is 0.714. The summed E-state index contributed by atoms with van der Waals surface area (Å²) in [5, 5.41) is 3.39. The summed E-state index contributed by atoms with van der Waals surface area (Å²) in [6.07, 6.45) is 6.03. The van der Waals surface area contributed by atoms with Crippen LogP contribution in [0.2, 0.25) is 0 Å². The van der Waals surface area contributed by atoms with Crippen LogP contribution in [0.25, 0.3) is 0 Å². The molecule has 1 unspecified atom stereocenters. The van der Waals surface area contributed by atoms with Crippen LogP contribution in [0.5, 0.6) is 0 Å². The molecular weight excluding hydrogens is 224 g/mol. The van der Waals surface area contributed by atoms with Crippen LogP contribution in [0.3, 0.4) is 0 Å². The van der Waals surface area contributed by atoms with Crippen LogP contribution < -0.4 is 11.1 Å². The van der Waals surface area contributed by atoms with Gasteiger partial charge >= 0.3 is 0 Å². The van der Waals surface area contributed by atoms with E-state index in [1.165, 1.54) is 17.7 Å². The summed E-state index contributed by atoms with van der Waals surface area (Å²) in [6, 6.07) is 0.164. The number of rotatable bonds is 4. The maximum absolute atomic E-state index is 6.15. The molecular formula is C14H24N4. The largest absolute Gasteiger partial charge is 0.368 e. The average Bonchev–Trinajstić information content (AvgIpc) is 2.72. The second-order valence-corrected chi connectivity index (χ2v) is 6.41. The first kappa shape index (κ1) is 13.3. The maximum atomic E-state index is 6.15. The minimum Gasteiger partial charge on any atom is -0.368 e. The molecule has 0 radical (unpaired) electrons. The number of aryl methyl sites for hydroxylation is 1. The topological polar surface area (TPSA) is 63.8 Å². The van der Waals surface area contributed by atoms with Crippen LogP contribution in [0, 0.1) is 5.41 Å². The molecule has 1 aromatic rings. The van der Waals surface area contributed by atoms with Crippen LogP contribution in [0.1, 0.15) is 44.9 Å². The van der Waals surface area contributed by atoms with Crippen molar-refractivity contribution in [3.8, 4) is 0 Å². The van der Waals surface area contributed by atoms with Gasteiger partial charge in [-0.2, -0.15) is 0 Å². The molecule has 1 atom stereocenters. The Morgan fingerprint density at radius 2 is 2.11 bits per heavy atom. The standard InChI is InChI=1S/C14H24N4/c1-14(2,3)7-10(15)8-16-13-11-5-4-6-12(11)17-9-18-13/h9-10H,4-8,15H2,1-3H3,(H,16,17,18). The molecule has 1 heterocycles. The van der Waals surface area contributed by atoms with Gasteiger partial charge in [0.1, 0.15) is 12.1 Å². The molecule has 100 valence electrons. The maximum Gasteiger partial charge on any atom is 0.132 e. The number of hydrogen-bond acceptors (Lipinski definition) is 4. The summed E-state index contributed by atoms with van der Waals surface area (Å²) >= 11 is 0. The number of anilines is 1. The Morgan fingerprint density at radius 3 is 2.83 bits per heavy atom. The van der Waals surface area contributed by atoms with Crippen LogP contribution in [-0.4, -0.2) is 22.6 Å². The molecule has 0 saturated carbocycles. The number of nitrogens with two attached hydrogens (primary N) is 1. The molecule has 3 N–H and O–H groups in total. The van der Waals surface area contributed by atoms with Crippen molar-refractivity contribution in [2.75, 3.05) is 11.9 Å². The molecule has 4 heteroatoms. The fourth-order valence-electron chi connectivity index (χ4n) is 2.60. The summed E-state index contributed by atoms with van der Waals surface area (Å²) in [5.41, 5.74) is 8.92. The van der Waals surface area contributed by atoms with Crippen LogP contribution in [-0.2, 0) is 12.8 Å². The van der Waals surface area contributed by atoms with E-state index in [9.17, 15) is 0 Å². The summed E-state index contributed by atoms with van der Waals surface area (Å²) in [4.78, 5) is 8.67. The van der Waals surface area contributed by atoms with E-state index in [1.807, 2.05) is 0 Å². The molecule has 0 amide bonds. The minimum absolute atomic E-state index is 0.164. The third kappa shape index (κ3) is 3.42. The van der Waals surface area contributed by atoms with E-state index in [0.29, 0.717) is 0 Å². The Bertz CT molecular complexity index is 409. The molecule has 18 heavy (non-hydrogen) atoms. The first-order valence-corrected chi connectivity index (χ1v) is 6.78. The van der Waals surface area contributed by atoms with Gasteiger partial charge in [-0.3, -0.25) is 0 Å². The van der Waals surface area contributed by atoms with Crippen LogP contribution >= 0.6 is 0 Å². The molecule has 0 spiro atoms. The molecule has 1 aliphatic carbocycles. The van der Waals surface area contributed by atoms with Gasteiger partial charge in [-0.05, 0) is 31.1 Å². The van der Waals surface area contributed by atoms with E-state index in [4.69, 9.17) is 5.73 Å². The van der Waals surface area contributed by atoms with Gasteiger partial charge in [0.05, 0.1) is 0 Å². The Morgan fingerprint density at radius 1 is 1.33 bits per heavy atom. The lowest BCUT2D eigenvalue weighted by molar-refractivity contribution is 0.344. The Kier molecular flexibility index (Phi) is 3.85. The average molecular weight is 248 g/mol. The van der Waals surface area contributed by atoms with Gasteiger partial charge in [-0.15, -0.1) is 0 Å². The van der Waals surface area contributed by atoms with Crippen molar-refractivity contribution >= 4 is 5.82 Å². The lowest BCUT2D eigenvalue weighted by Gasteiger charge is -2.23. The highest BCUT2D eigenvalue weighted by atomic mass is 15.0. The van der Waals surface area contributed by atoms with Crippen molar-refractivity contribution in [2.45, 2.75) is 52.5 Å². The lowest BCUT2D eigenvalue weighted by atomic mass is 9.88. The molecule has 0 aliphatic heterocycles. The summed E-state index contributed by atoms with van der Waals surface area (Å²) in [5.74, 6) is 0.988. The van der Waals surface area contributed by atoms with Crippen molar-refractivity contribution in [3.63, 3.8) is 0 Å². The van der Waals surface area contributed by atoms with Gasteiger partial charge in [0.15, 0.2) is 0 Å². The monoisotopic (exact) mass is 248 g/mol. The van der Waals surface area contributed by atoms with E-state index >= 15 is 0 Å². The zero-order valence-corrected chi connectivity index (χ0v) is 11.7. The Labute approximate surface area is 109 Å². The van der Waals surface area contributed by atoms with Crippen molar-refractivity contribution in [2.24, 2.45) is 11.1 Å². The Balaban J connectivity index is 1.93. The highest BCUT2D eigenvalue weighted by molar-refractivity contribution is 5.47. The van der Waals surface area contributed by atoms with Crippen molar-refractivity contribution in [3.05, 3.63) is 17.6 Å². The van der Waals surface area contributed by atoms with Gasteiger partial charge in [0.25, 0.3) is 0 Å².